The largest absolute Gasteiger partial charge is 0.426 e. The van der Waals surface area contributed by atoms with E-state index in [2.05, 4.69) is 0 Å². The van der Waals surface area contributed by atoms with Gasteiger partial charge in [0.05, 0.1) is 24.7 Å². The molecule has 0 bridgehead atoms. The Morgan fingerprint density at radius 2 is 1.93 bits per heavy atom. The zero-order valence-electron chi connectivity index (χ0n) is 15.0. The number of aryl methyl sites for hydroxylation is 1. The number of ether oxygens (including phenoxy) is 1. The quantitative estimate of drug-likeness (QED) is 0.404. The van der Waals surface area contributed by atoms with Gasteiger partial charge in [-0.05, 0) is 30.7 Å². The number of esters is 1. The number of carbonyl (C=O) groups excluding carboxylic acids is 2. The van der Waals surface area contributed by atoms with Crippen LogP contribution < -0.4 is 4.74 Å². The number of carbonyl (C=O) groups is 1. The third-order valence-electron chi connectivity index (χ3n) is 4.72. The van der Waals surface area contributed by atoms with Gasteiger partial charge in [0.1, 0.15) is 11.8 Å². The first-order valence-electron chi connectivity index (χ1n) is 8.59. The molecule has 0 fully saturated rings. The lowest BCUT2D eigenvalue weighted by atomic mass is 10.1. The van der Waals surface area contributed by atoms with E-state index >= 15 is 0 Å². The SMILES string of the molecule is CON1C(=C=O)n2c(cc3cccc(C)c32)C1CC(=O)Oc1ccccc1. The van der Waals surface area contributed by atoms with E-state index in [1.54, 1.807) is 24.3 Å². The van der Waals surface area contributed by atoms with Crippen molar-refractivity contribution in [3.63, 3.8) is 0 Å². The number of nitrogens with zero attached hydrogens (tertiary/aromatic N) is 2. The number of hydrogen-bond donors (Lipinski definition) is 0. The molecule has 6 nitrogen and oxygen atoms in total. The molecule has 136 valence electrons. The van der Waals surface area contributed by atoms with Gasteiger partial charge < -0.3 is 4.74 Å². The number of rotatable bonds is 4. The molecule has 4 rings (SSSR count). The van der Waals surface area contributed by atoms with Crippen LogP contribution in [-0.4, -0.2) is 28.7 Å². The number of para-hydroxylation sites is 2. The van der Waals surface area contributed by atoms with Crippen LogP contribution in [0.3, 0.4) is 0 Å². The van der Waals surface area contributed by atoms with Crippen molar-refractivity contribution in [1.29, 1.82) is 0 Å². The van der Waals surface area contributed by atoms with Gasteiger partial charge in [-0.3, -0.25) is 14.2 Å². The molecule has 0 aliphatic carbocycles. The average Bonchev–Trinajstić information content (AvgIpc) is 3.17. The number of benzene rings is 2. The molecule has 1 aromatic heterocycles. The first-order chi connectivity index (χ1) is 13.1. The Labute approximate surface area is 156 Å². The Bertz CT molecular complexity index is 1060. The first kappa shape index (κ1) is 17.1. The fraction of sp³-hybridized carbons (Fsp3) is 0.190. The summed E-state index contributed by atoms with van der Waals surface area (Å²) in [5.41, 5.74) is 2.73. The molecule has 3 aromatic rings. The van der Waals surface area contributed by atoms with Gasteiger partial charge in [0, 0.05) is 5.39 Å². The van der Waals surface area contributed by atoms with E-state index in [0.717, 1.165) is 22.2 Å². The Hall–Kier alpha value is -3.34. The summed E-state index contributed by atoms with van der Waals surface area (Å²) in [6.45, 7) is 1.98. The van der Waals surface area contributed by atoms with Crippen molar-refractivity contribution >= 4 is 28.6 Å². The minimum Gasteiger partial charge on any atom is -0.426 e. The smallest absolute Gasteiger partial charge is 0.313 e. The van der Waals surface area contributed by atoms with E-state index in [9.17, 15) is 9.59 Å². The molecule has 1 atom stereocenters. The Morgan fingerprint density at radius 1 is 1.15 bits per heavy atom. The molecule has 0 spiro atoms. The van der Waals surface area contributed by atoms with E-state index in [4.69, 9.17) is 9.57 Å². The monoisotopic (exact) mass is 362 g/mol. The highest BCUT2D eigenvalue weighted by Crippen LogP contribution is 2.42. The summed E-state index contributed by atoms with van der Waals surface area (Å²) >= 11 is 0. The Morgan fingerprint density at radius 3 is 2.63 bits per heavy atom. The lowest BCUT2D eigenvalue weighted by Crippen LogP contribution is -2.25. The van der Waals surface area contributed by atoms with Crippen molar-refractivity contribution in [3.8, 4) is 5.75 Å². The second-order valence-corrected chi connectivity index (χ2v) is 6.36. The van der Waals surface area contributed by atoms with E-state index in [1.165, 1.54) is 12.2 Å². The van der Waals surface area contributed by atoms with Crippen molar-refractivity contribution < 1.29 is 19.2 Å². The van der Waals surface area contributed by atoms with Gasteiger partial charge in [0.15, 0.2) is 5.94 Å². The van der Waals surface area contributed by atoms with Gasteiger partial charge in [0.25, 0.3) is 0 Å². The highest BCUT2D eigenvalue weighted by molar-refractivity contribution is 5.93. The highest BCUT2D eigenvalue weighted by atomic mass is 16.7. The van der Waals surface area contributed by atoms with Crippen molar-refractivity contribution in [3.05, 3.63) is 65.9 Å². The molecule has 0 saturated heterocycles. The first-order valence-corrected chi connectivity index (χ1v) is 8.59. The van der Waals surface area contributed by atoms with Crippen LogP contribution in [0.4, 0.5) is 0 Å². The molecular formula is C21H18N2O4. The third kappa shape index (κ3) is 2.81. The molecule has 2 aromatic carbocycles. The zero-order chi connectivity index (χ0) is 19.0. The molecule has 1 unspecified atom stereocenters. The molecule has 6 heteroatoms. The molecule has 27 heavy (non-hydrogen) atoms. The summed E-state index contributed by atoms with van der Waals surface area (Å²) in [5.74, 6) is 2.26. The topological polar surface area (TPSA) is 60.8 Å². The van der Waals surface area contributed by atoms with Gasteiger partial charge in [0.2, 0.25) is 5.82 Å². The van der Waals surface area contributed by atoms with Crippen molar-refractivity contribution in [1.82, 2.24) is 9.63 Å². The lowest BCUT2D eigenvalue weighted by molar-refractivity contribution is -0.143. The second-order valence-electron chi connectivity index (χ2n) is 6.36. The van der Waals surface area contributed by atoms with Gasteiger partial charge in [-0.1, -0.05) is 36.4 Å². The third-order valence-corrected chi connectivity index (χ3v) is 4.72. The Kier molecular flexibility index (Phi) is 4.28. The summed E-state index contributed by atoms with van der Waals surface area (Å²) in [4.78, 5) is 29.6. The normalized spacial score (nSPS) is 15.7. The van der Waals surface area contributed by atoms with Gasteiger partial charge in [-0.2, -0.15) is 0 Å². The lowest BCUT2D eigenvalue weighted by Gasteiger charge is -2.22. The number of hydroxylamine groups is 2. The maximum atomic E-state index is 12.5. The summed E-state index contributed by atoms with van der Waals surface area (Å²) in [6.07, 6.45) is 0.0310. The number of fused-ring (bicyclic) bond motifs is 3. The van der Waals surface area contributed by atoms with Crippen LogP contribution in [-0.2, 0) is 14.4 Å². The van der Waals surface area contributed by atoms with Crippen LogP contribution in [0, 0.1) is 6.92 Å². The molecule has 0 radical (unpaired) electrons. The summed E-state index contributed by atoms with van der Waals surface area (Å²) in [7, 11) is 1.47. The molecule has 2 heterocycles. The second kappa shape index (κ2) is 6.76. The predicted molar refractivity (Wildman–Crippen MR) is 100 cm³/mol. The Balaban J connectivity index is 1.73. The summed E-state index contributed by atoms with van der Waals surface area (Å²) in [5, 5.41) is 2.41. The van der Waals surface area contributed by atoms with Crippen LogP contribution in [0.1, 0.15) is 23.7 Å². The average molecular weight is 362 g/mol. The predicted octanol–water partition coefficient (Wildman–Crippen LogP) is 3.49. The van der Waals surface area contributed by atoms with Crippen LogP contribution >= 0.6 is 0 Å². The molecule has 1 aliphatic rings. The molecular weight excluding hydrogens is 344 g/mol. The minimum absolute atomic E-state index is 0.0310. The van der Waals surface area contributed by atoms with E-state index in [-0.39, 0.29) is 12.2 Å². The van der Waals surface area contributed by atoms with Gasteiger partial charge in [-0.25, -0.2) is 9.86 Å². The zero-order valence-corrected chi connectivity index (χ0v) is 15.0. The summed E-state index contributed by atoms with van der Waals surface area (Å²) in [6, 6.07) is 16.3. The van der Waals surface area contributed by atoms with Gasteiger partial charge in [-0.15, -0.1) is 0 Å². The molecule has 1 aliphatic heterocycles. The van der Waals surface area contributed by atoms with Crippen LogP contribution in [0.5, 0.6) is 5.75 Å². The molecule has 0 amide bonds. The van der Waals surface area contributed by atoms with Crippen LogP contribution in [0.15, 0.2) is 54.6 Å². The van der Waals surface area contributed by atoms with E-state index in [0.29, 0.717) is 5.75 Å². The minimum atomic E-state index is -0.477. The molecule has 0 saturated carbocycles. The number of aromatic nitrogens is 1. The highest BCUT2D eigenvalue weighted by Gasteiger charge is 2.39. The molecule has 0 N–H and O–H groups in total. The maximum Gasteiger partial charge on any atom is 0.313 e. The van der Waals surface area contributed by atoms with Gasteiger partial charge >= 0.3 is 5.97 Å². The maximum absolute atomic E-state index is 12.5. The van der Waals surface area contributed by atoms with Crippen LogP contribution in [0.2, 0.25) is 0 Å². The van der Waals surface area contributed by atoms with E-state index < -0.39 is 12.0 Å². The van der Waals surface area contributed by atoms with Crippen LogP contribution in [0.25, 0.3) is 16.7 Å². The van der Waals surface area contributed by atoms with Crippen molar-refractivity contribution in [2.75, 3.05) is 7.11 Å². The standard InChI is InChI=1S/C21H18N2O4/c1-14-7-6-8-15-11-17-18(12-20(25)27-16-9-4-3-5-10-16)23(26-2)19(13-24)22(17)21(14)15/h3-11,18H,12H2,1-2H3. The van der Waals surface area contributed by atoms with Crippen molar-refractivity contribution in [2.45, 2.75) is 19.4 Å². The fourth-order valence-corrected chi connectivity index (χ4v) is 3.61. The summed E-state index contributed by atoms with van der Waals surface area (Å²) < 4.78 is 7.22. The fourth-order valence-electron chi connectivity index (χ4n) is 3.61. The number of hydrogen-bond acceptors (Lipinski definition) is 5. The van der Waals surface area contributed by atoms with Crippen molar-refractivity contribution in [2.24, 2.45) is 0 Å². The van der Waals surface area contributed by atoms with E-state index in [1.807, 2.05) is 47.8 Å².